The summed E-state index contributed by atoms with van der Waals surface area (Å²) < 4.78 is 11.2. The van der Waals surface area contributed by atoms with Crippen LogP contribution in [-0.2, 0) is 4.79 Å². The molecular formula is C18H14BrClN2O4. The van der Waals surface area contributed by atoms with Crippen molar-refractivity contribution in [2.75, 3.05) is 19.1 Å². The highest BCUT2D eigenvalue weighted by molar-refractivity contribution is 9.10. The molecule has 0 aromatic heterocycles. The van der Waals surface area contributed by atoms with E-state index < -0.39 is 11.9 Å². The zero-order chi connectivity index (χ0) is 18.8. The number of methoxy groups -OCH3 is 2. The topological polar surface area (TPSA) is 67.9 Å². The van der Waals surface area contributed by atoms with Gasteiger partial charge in [0.1, 0.15) is 5.70 Å². The number of benzene rings is 2. The van der Waals surface area contributed by atoms with Crippen LogP contribution < -0.4 is 19.7 Å². The largest absolute Gasteiger partial charge is 0.493 e. The third-order valence-electron chi connectivity index (χ3n) is 3.77. The number of halogens is 2. The van der Waals surface area contributed by atoms with Gasteiger partial charge in [-0.05, 0) is 48.0 Å². The first-order chi connectivity index (χ1) is 12.4. The first-order valence-electron chi connectivity index (χ1n) is 7.49. The Morgan fingerprint density at radius 3 is 2.31 bits per heavy atom. The monoisotopic (exact) mass is 436 g/mol. The first-order valence-corrected chi connectivity index (χ1v) is 8.66. The van der Waals surface area contributed by atoms with E-state index >= 15 is 0 Å². The molecule has 2 aromatic carbocycles. The minimum Gasteiger partial charge on any atom is -0.493 e. The number of ether oxygens (including phenoxy) is 2. The molecule has 0 saturated carbocycles. The second kappa shape index (κ2) is 7.39. The predicted molar refractivity (Wildman–Crippen MR) is 103 cm³/mol. The molecule has 1 heterocycles. The molecule has 1 fully saturated rings. The van der Waals surface area contributed by atoms with Crippen LogP contribution >= 0.6 is 27.5 Å². The van der Waals surface area contributed by atoms with Crippen molar-refractivity contribution >= 4 is 51.2 Å². The van der Waals surface area contributed by atoms with Gasteiger partial charge < -0.3 is 14.8 Å². The quantitative estimate of drug-likeness (QED) is 0.574. The second-order valence-corrected chi connectivity index (χ2v) is 6.62. The maximum atomic E-state index is 12.7. The number of anilines is 1. The number of imide groups is 1. The van der Waals surface area contributed by atoms with Crippen LogP contribution in [0.15, 0.2) is 46.6 Å². The van der Waals surface area contributed by atoms with Crippen molar-refractivity contribution in [3.05, 3.63) is 57.2 Å². The lowest BCUT2D eigenvalue weighted by Gasteiger charge is -2.11. The van der Waals surface area contributed by atoms with Gasteiger partial charge in [-0.1, -0.05) is 27.5 Å². The number of rotatable bonds is 4. The highest BCUT2D eigenvalue weighted by Crippen LogP contribution is 2.35. The fraction of sp³-hybridized carbons (Fsp3) is 0.111. The zero-order valence-corrected chi connectivity index (χ0v) is 16.2. The highest BCUT2D eigenvalue weighted by atomic mass is 79.9. The standard InChI is InChI=1S/C18H14BrClN2O4/c1-25-15-8-10(13(19)9-16(15)26-2)7-14-17(23)22(18(24)21-14)12-5-3-11(20)4-6-12/h3-9H,1-2H3,(H,21,24)/b14-7+. The molecule has 0 aliphatic carbocycles. The molecule has 1 aliphatic rings. The van der Waals surface area contributed by atoms with Gasteiger partial charge in [0.2, 0.25) is 0 Å². The molecule has 1 aliphatic heterocycles. The van der Waals surface area contributed by atoms with E-state index in [0.717, 1.165) is 4.90 Å². The molecule has 1 saturated heterocycles. The van der Waals surface area contributed by atoms with Gasteiger partial charge in [0.15, 0.2) is 11.5 Å². The number of nitrogens with one attached hydrogen (secondary N) is 1. The molecule has 0 atom stereocenters. The van der Waals surface area contributed by atoms with Crippen molar-refractivity contribution in [2.45, 2.75) is 0 Å². The average Bonchev–Trinajstić information content (AvgIpc) is 2.90. The fourth-order valence-electron chi connectivity index (χ4n) is 2.50. The molecule has 26 heavy (non-hydrogen) atoms. The van der Waals surface area contributed by atoms with E-state index in [1.165, 1.54) is 14.2 Å². The highest BCUT2D eigenvalue weighted by Gasteiger charge is 2.35. The van der Waals surface area contributed by atoms with Crippen molar-refractivity contribution in [3.63, 3.8) is 0 Å². The number of hydrogen-bond donors (Lipinski definition) is 1. The molecular weight excluding hydrogens is 424 g/mol. The summed E-state index contributed by atoms with van der Waals surface area (Å²) in [5, 5.41) is 3.10. The fourth-order valence-corrected chi connectivity index (χ4v) is 3.06. The van der Waals surface area contributed by atoms with Crippen LogP contribution in [0.2, 0.25) is 5.02 Å². The summed E-state index contributed by atoms with van der Waals surface area (Å²) in [7, 11) is 3.06. The Hall–Kier alpha value is -2.51. The Morgan fingerprint density at radius 2 is 1.69 bits per heavy atom. The smallest absolute Gasteiger partial charge is 0.333 e. The molecule has 0 bridgehead atoms. The average molecular weight is 438 g/mol. The Morgan fingerprint density at radius 1 is 1.08 bits per heavy atom. The maximum Gasteiger partial charge on any atom is 0.333 e. The van der Waals surface area contributed by atoms with Gasteiger partial charge in [0.05, 0.1) is 19.9 Å². The Kier molecular flexibility index (Phi) is 5.20. The van der Waals surface area contributed by atoms with Gasteiger partial charge in [-0.15, -0.1) is 0 Å². The number of urea groups is 1. The summed E-state index contributed by atoms with van der Waals surface area (Å²) in [5.74, 6) is 0.596. The van der Waals surface area contributed by atoms with Crippen molar-refractivity contribution in [3.8, 4) is 11.5 Å². The van der Waals surface area contributed by atoms with E-state index in [1.807, 2.05) is 0 Å². The minimum atomic E-state index is -0.528. The SMILES string of the molecule is COc1cc(Br)c(/C=C2/NC(=O)N(c3ccc(Cl)cc3)C2=O)cc1OC. The van der Waals surface area contributed by atoms with Crippen LogP contribution in [0.4, 0.5) is 10.5 Å². The third-order valence-corrected chi connectivity index (χ3v) is 4.70. The van der Waals surface area contributed by atoms with Gasteiger partial charge in [-0.25, -0.2) is 9.69 Å². The number of carbonyl (C=O) groups excluding carboxylic acids is 2. The molecule has 134 valence electrons. The number of amides is 3. The number of hydrogen-bond acceptors (Lipinski definition) is 4. The summed E-state index contributed by atoms with van der Waals surface area (Å²) in [6.45, 7) is 0. The number of nitrogens with zero attached hydrogens (tertiary/aromatic N) is 1. The van der Waals surface area contributed by atoms with Crippen LogP contribution in [0, 0.1) is 0 Å². The van der Waals surface area contributed by atoms with Gasteiger partial charge in [0.25, 0.3) is 5.91 Å². The van der Waals surface area contributed by atoms with E-state index in [1.54, 1.807) is 42.5 Å². The summed E-state index contributed by atoms with van der Waals surface area (Å²) in [4.78, 5) is 26.0. The molecule has 2 aromatic rings. The lowest BCUT2D eigenvalue weighted by molar-refractivity contribution is -0.113. The minimum absolute atomic E-state index is 0.151. The first kappa shape index (κ1) is 18.3. The molecule has 0 unspecified atom stereocenters. The van der Waals surface area contributed by atoms with Crippen LogP contribution in [-0.4, -0.2) is 26.2 Å². The van der Waals surface area contributed by atoms with Gasteiger partial charge in [0, 0.05) is 9.50 Å². The molecule has 0 spiro atoms. The van der Waals surface area contributed by atoms with Gasteiger partial charge in [-0.3, -0.25) is 4.79 Å². The molecule has 1 N–H and O–H groups in total. The second-order valence-electron chi connectivity index (χ2n) is 5.33. The van der Waals surface area contributed by atoms with Crippen LogP contribution in [0.3, 0.4) is 0 Å². The van der Waals surface area contributed by atoms with E-state index in [0.29, 0.717) is 32.2 Å². The van der Waals surface area contributed by atoms with Crippen LogP contribution in [0.1, 0.15) is 5.56 Å². The van der Waals surface area contributed by atoms with E-state index in [4.69, 9.17) is 21.1 Å². The molecule has 3 amide bonds. The predicted octanol–water partition coefficient (Wildman–Crippen LogP) is 4.22. The van der Waals surface area contributed by atoms with Gasteiger partial charge in [-0.2, -0.15) is 0 Å². The van der Waals surface area contributed by atoms with Crippen LogP contribution in [0.25, 0.3) is 6.08 Å². The summed E-state index contributed by atoms with van der Waals surface area (Å²) in [5.41, 5.74) is 1.24. The van der Waals surface area contributed by atoms with E-state index in [2.05, 4.69) is 21.2 Å². The molecule has 8 heteroatoms. The Labute approximate surface area is 163 Å². The zero-order valence-electron chi connectivity index (χ0n) is 13.9. The lowest BCUT2D eigenvalue weighted by atomic mass is 10.1. The maximum absolute atomic E-state index is 12.7. The van der Waals surface area contributed by atoms with Crippen molar-refractivity contribution in [2.24, 2.45) is 0 Å². The Bertz CT molecular complexity index is 912. The summed E-state index contributed by atoms with van der Waals surface area (Å²) in [6, 6.07) is 9.35. The van der Waals surface area contributed by atoms with E-state index in [-0.39, 0.29) is 5.70 Å². The summed E-state index contributed by atoms with van der Waals surface area (Å²) in [6.07, 6.45) is 1.57. The molecule has 3 rings (SSSR count). The Balaban J connectivity index is 1.97. The third kappa shape index (κ3) is 3.40. The summed E-state index contributed by atoms with van der Waals surface area (Å²) >= 11 is 9.28. The van der Waals surface area contributed by atoms with Gasteiger partial charge >= 0.3 is 6.03 Å². The normalized spacial score (nSPS) is 15.4. The van der Waals surface area contributed by atoms with Crippen molar-refractivity contribution in [1.82, 2.24) is 5.32 Å². The van der Waals surface area contributed by atoms with Crippen molar-refractivity contribution < 1.29 is 19.1 Å². The van der Waals surface area contributed by atoms with Crippen molar-refractivity contribution in [1.29, 1.82) is 0 Å². The molecule has 6 nitrogen and oxygen atoms in total. The van der Waals surface area contributed by atoms with Crippen LogP contribution in [0.5, 0.6) is 11.5 Å². The lowest BCUT2D eigenvalue weighted by Crippen LogP contribution is -2.30. The molecule has 0 radical (unpaired) electrons. The number of carbonyl (C=O) groups is 2. The van der Waals surface area contributed by atoms with E-state index in [9.17, 15) is 9.59 Å².